The molecule has 0 saturated heterocycles. The molecule has 1 saturated carbocycles. The molecule has 0 amide bonds. The first-order valence-electron chi connectivity index (χ1n) is 6.36. The third-order valence-electron chi connectivity index (χ3n) is 3.98. The third kappa shape index (κ3) is 2.76. The molecule has 1 aliphatic rings. The van der Waals surface area contributed by atoms with E-state index in [1.54, 1.807) is 0 Å². The van der Waals surface area contributed by atoms with Gasteiger partial charge in [-0.15, -0.1) is 0 Å². The zero-order valence-corrected chi connectivity index (χ0v) is 10.6. The average molecular weight is 276 g/mol. The number of benzene rings is 1. The molecule has 0 spiro atoms. The van der Waals surface area contributed by atoms with Crippen molar-refractivity contribution >= 4 is 0 Å². The van der Waals surface area contributed by atoms with E-state index in [1.165, 1.54) is 6.07 Å². The molecule has 0 bridgehead atoms. The van der Waals surface area contributed by atoms with E-state index in [1.807, 2.05) is 6.92 Å². The highest BCUT2D eigenvalue weighted by atomic mass is 19.4. The fraction of sp³-hybridized carbons (Fsp3) is 0.571. The fourth-order valence-corrected chi connectivity index (χ4v) is 2.77. The van der Waals surface area contributed by atoms with Crippen LogP contribution in [0.1, 0.15) is 43.7 Å². The van der Waals surface area contributed by atoms with Crippen LogP contribution in [0.5, 0.6) is 0 Å². The second kappa shape index (κ2) is 4.78. The molecule has 0 aliphatic heterocycles. The van der Waals surface area contributed by atoms with Crippen molar-refractivity contribution in [2.24, 2.45) is 5.92 Å². The maximum absolute atomic E-state index is 13.5. The lowest BCUT2D eigenvalue weighted by atomic mass is 9.90. The molecule has 0 radical (unpaired) electrons. The molecule has 106 valence electrons. The zero-order valence-electron chi connectivity index (χ0n) is 10.6. The maximum Gasteiger partial charge on any atom is 0.419 e. The van der Waals surface area contributed by atoms with Gasteiger partial charge in [-0.3, -0.25) is 0 Å². The van der Waals surface area contributed by atoms with Crippen LogP contribution in [0.15, 0.2) is 18.2 Å². The van der Waals surface area contributed by atoms with Crippen molar-refractivity contribution in [3.05, 3.63) is 35.1 Å². The molecule has 5 heteroatoms. The standard InChI is InChI=1S/C14H16F4O/c1-2-9-5-6-13(19,8-9)10-3-4-11(12(15)7-10)14(16,17)18/h3-4,7,9,19H,2,5-6,8H2,1H3. The van der Waals surface area contributed by atoms with E-state index in [2.05, 4.69) is 0 Å². The summed E-state index contributed by atoms with van der Waals surface area (Å²) in [4.78, 5) is 0. The molecule has 0 heterocycles. The summed E-state index contributed by atoms with van der Waals surface area (Å²) in [7, 11) is 0. The molecule has 1 aliphatic carbocycles. The minimum absolute atomic E-state index is 0.244. The van der Waals surface area contributed by atoms with E-state index in [4.69, 9.17) is 0 Å². The Kier molecular flexibility index (Phi) is 3.60. The monoisotopic (exact) mass is 276 g/mol. The molecule has 1 fully saturated rings. The Morgan fingerprint density at radius 2 is 2.05 bits per heavy atom. The summed E-state index contributed by atoms with van der Waals surface area (Å²) in [5.41, 5.74) is -2.23. The van der Waals surface area contributed by atoms with Crippen LogP contribution in [-0.2, 0) is 11.8 Å². The smallest absolute Gasteiger partial charge is 0.385 e. The number of rotatable bonds is 2. The summed E-state index contributed by atoms with van der Waals surface area (Å²) in [6.07, 6.45) is -2.03. The Balaban J connectivity index is 2.30. The van der Waals surface area contributed by atoms with Crippen LogP contribution >= 0.6 is 0 Å². The average Bonchev–Trinajstić information content (AvgIpc) is 2.71. The van der Waals surface area contributed by atoms with Gasteiger partial charge in [-0.2, -0.15) is 13.2 Å². The number of halogens is 4. The summed E-state index contributed by atoms with van der Waals surface area (Å²) in [5.74, 6) is -0.978. The maximum atomic E-state index is 13.5. The van der Waals surface area contributed by atoms with Gasteiger partial charge in [-0.05, 0) is 42.9 Å². The molecular weight excluding hydrogens is 260 g/mol. The molecule has 2 atom stereocenters. The highest BCUT2D eigenvalue weighted by Crippen LogP contribution is 2.44. The van der Waals surface area contributed by atoms with E-state index in [0.717, 1.165) is 18.9 Å². The predicted octanol–water partition coefficient (Wildman–Crippen LogP) is 4.24. The van der Waals surface area contributed by atoms with Crippen LogP contribution in [0.4, 0.5) is 17.6 Å². The SMILES string of the molecule is CCC1CCC(O)(c2ccc(C(F)(F)F)c(F)c2)C1. The largest absolute Gasteiger partial charge is 0.419 e. The van der Waals surface area contributed by atoms with Crippen LogP contribution < -0.4 is 0 Å². The topological polar surface area (TPSA) is 20.2 Å². The Bertz CT molecular complexity index is 469. The van der Waals surface area contributed by atoms with E-state index in [9.17, 15) is 22.7 Å². The van der Waals surface area contributed by atoms with Crippen molar-refractivity contribution in [2.45, 2.75) is 44.4 Å². The summed E-state index contributed by atoms with van der Waals surface area (Å²) in [6.45, 7) is 2.00. The highest BCUT2D eigenvalue weighted by molar-refractivity contribution is 5.31. The molecule has 1 N–H and O–H groups in total. The lowest BCUT2D eigenvalue weighted by Crippen LogP contribution is -2.22. The zero-order chi connectivity index (χ0) is 14.3. The van der Waals surface area contributed by atoms with Crippen LogP contribution in [0.2, 0.25) is 0 Å². The number of hydrogen-bond donors (Lipinski definition) is 1. The van der Waals surface area contributed by atoms with Gasteiger partial charge in [-0.25, -0.2) is 4.39 Å². The van der Waals surface area contributed by atoms with Crippen molar-refractivity contribution in [3.8, 4) is 0 Å². The Morgan fingerprint density at radius 1 is 1.37 bits per heavy atom. The Morgan fingerprint density at radius 3 is 2.53 bits per heavy atom. The van der Waals surface area contributed by atoms with Crippen LogP contribution in [0, 0.1) is 11.7 Å². The molecule has 0 aromatic heterocycles. The first kappa shape index (κ1) is 14.3. The molecule has 1 nitrogen and oxygen atoms in total. The van der Waals surface area contributed by atoms with Gasteiger partial charge in [0.2, 0.25) is 0 Å². The van der Waals surface area contributed by atoms with Gasteiger partial charge in [0.1, 0.15) is 5.82 Å². The molecular formula is C14H16F4O. The van der Waals surface area contributed by atoms with Crippen LogP contribution in [0.25, 0.3) is 0 Å². The summed E-state index contributed by atoms with van der Waals surface area (Å²) >= 11 is 0. The van der Waals surface area contributed by atoms with Gasteiger partial charge in [0.05, 0.1) is 11.2 Å². The third-order valence-corrected chi connectivity index (χ3v) is 3.98. The van der Waals surface area contributed by atoms with Gasteiger partial charge in [0, 0.05) is 0 Å². The van der Waals surface area contributed by atoms with Crippen molar-refractivity contribution in [1.29, 1.82) is 0 Å². The highest BCUT2D eigenvalue weighted by Gasteiger charge is 2.40. The summed E-state index contributed by atoms with van der Waals surface area (Å²) < 4.78 is 50.9. The second-order valence-electron chi connectivity index (χ2n) is 5.24. The van der Waals surface area contributed by atoms with Crippen molar-refractivity contribution in [1.82, 2.24) is 0 Å². The van der Waals surface area contributed by atoms with E-state index in [0.29, 0.717) is 24.8 Å². The van der Waals surface area contributed by atoms with Crippen molar-refractivity contribution in [3.63, 3.8) is 0 Å². The second-order valence-corrected chi connectivity index (χ2v) is 5.24. The van der Waals surface area contributed by atoms with Crippen molar-refractivity contribution < 1.29 is 22.7 Å². The molecule has 1 aromatic rings. The van der Waals surface area contributed by atoms with Crippen LogP contribution in [0.3, 0.4) is 0 Å². The van der Waals surface area contributed by atoms with Gasteiger partial charge in [0.15, 0.2) is 0 Å². The molecule has 2 rings (SSSR count). The van der Waals surface area contributed by atoms with E-state index < -0.39 is 23.2 Å². The Labute approximate surface area is 109 Å². The number of aliphatic hydroxyl groups is 1. The summed E-state index contributed by atoms with van der Waals surface area (Å²) in [6, 6.07) is 2.71. The Hall–Kier alpha value is -1.10. The van der Waals surface area contributed by atoms with E-state index >= 15 is 0 Å². The predicted molar refractivity (Wildman–Crippen MR) is 62.9 cm³/mol. The summed E-state index contributed by atoms with van der Waals surface area (Å²) in [5, 5.41) is 10.4. The molecule has 19 heavy (non-hydrogen) atoms. The van der Waals surface area contributed by atoms with E-state index in [-0.39, 0.29) is 5.56 Å². The normalized spacial score (nSPS) is 27.8. The minimum Gasteiger partial charge on any atom is -0.385 e. The first-order valence-corrected chi connectivity index (χ1v) is 6.36. The molecule has 1 aromatic carbocycles. The number of alkyl halides is 3. The van der Waals surface area contributed by atoms with Gasteiger partial charge in [-0.1, -0.05) is 19.4 Å². The van der Waals surface area contributed by atoms with Gasteiger partial charge in [0.25, 0.3) is 0 Å². The van der Waals surface area contributed by atoms with Crippen LogP contribution in [-0.4, -0.2) is 5.11 Å². The van der Waals surface area contributed by atoms with Gasteiger partial charge < -0.3 is 5.11 Å². The quantitative estimate of drug-likeness (QED) is 0.801. The lowest BCUT2D eigenvalue weighted by molar-refractivity contribution is -0.140. The number of hydrogen-bond acceptors (Lipinski definition) is 1. The molecule has 2 unspecified atom stereocenters. The minimum atomic E-state index is -4.70. The lowest BCUT2D eigenvalue weighted by Gasteiger charge is -2.24. The first-order chi connectivity index (χ1) is 8.76. The van der Waals surface area contributed by atoms with Crippen molar-refractivity contribution in [2.75, 3.05) is 0 Å². The van der Waals surface area contributed by atoms with Gasteiger partial charge >= 0.3 is 6.18 Å². The fourth-order valence-electron chi connectivity index (χ4n) is 2.77.